The van der Waals surface area contributed by atoms with Crippen molar-refractivity contribution in [1.82, 2.24) is 9.66 Å². The Bertz CT molecular complexity index is 316. The number of nitrogen functional groups attached to an aromatic ring is 1. The average Bonchev–Trinajstić information content (AvgIpc) is 2.44. The van der Waals surface area contributed by atoms with Crippen molar-refractivity contribution in [1.29, 1.82) is 0 Å². The van der Waals surface area contributed by atoms with Crippen molar-refractivity contribution in [3.63, 3.8) is 0 Å². The molecule has 64 valence electrons. The van der Waals surface area contributed by atoms with E-state index in [1.165, 1.54) is 4.68 Å². The zero-order valence-corrected chi connectivity index (χ0v) is 6.79. The average molecular weight is 165 g/mol. The highest BCUT2D eigenvalue weighted by Crippen LogP contribution is 2.19. The lowest BCUT2D eigenvalue weighted by Crippen LogP contribution is -2.17. The van der Waals surface area contributed by atoms with Crippen LogP contribution in [0.1, 0.15) is 34.8 Å². The molecule has 0 aliphatic heterocycles. The third-order valence-electron chi connectivity index (χ3n) is 2.30. The number of aromatic nitrogens is 2. The maximum Gasteiger partial charge on any atom is 0.192 e. The van der Waals surface area contributed by atoms with Gasteiger partial charge in [0.25, 0.3) is 0 Å². The van der Waals surface area contributed by atoms with E-state index in [1.807, 2.05) is 0 Å². The fourth-order valence-electron chi connectivity index (χ4n) is 1.67. The number of rotatable bonds is 1. The molecule has 1 aliphatic rings. The second-order valence-corrected chi connectivity index (χ2v) is 3.06. The third kappa shape index (κ3) is 0.913. The molecule has 0 radical (unpaired) electrons. The van der Waals surface area contributed by atoms with Gasteiger partial charge in [0.05, 0.1) is 11.4 Å². The molecule has 4 nitrogen and oxygen atoms in total. The van der Waals surface area contributed by atoms with Crippen molar-refractivity contribution in [2.75, 3.05) is 5.84 Å². The second-order valence-electron chi connectivity index (χ2n) is 3.06. The molecule has 0 amide bonds. The first-order chi connectivity index (χ1) is 5.83. The van der Waals surface area contributed by atoms with E-state index in [9.17, 15) is 4.79 Å². The van der Waals surface area contributed by atoms with Gasteiger partial charge in [-0.2, -0.15) is 0 Å². The van der Waals surface area contributed by atoms with Crippen molar-refractivity contribution in [3.05, 3.63) is 17.2 Å². The lowest BCUT2D eigenvalue weighted by molar-refractivity contribution is 0.111. The lowest BCUT2D eigenvalue weighted by Gasteiger charge is -2.10. The minimum absolute atomic E-state index is 0.349. The molecular weight excluding hydrogens is 154 g/mol. The number of nitrogens with two attached hydrogens (primary N) is 1. The van der Waals surface area contributed by atoms with Gasteiger partial charge in [-0.1, -0.05) is 0 Å². The largest absolute Gasteiger partial charge is 0.337 e. The fraction of sp³-hybridized carbons (Fsp3) is 0.500. The minimum atomic E-state index is 0.349. The van der Waals surface area contributed by atoms with E-state index in [4.69, 9.17) is 5.84 Å². The van der Waals surface area contributed by atoms with Crippen molar-refractivity contribution in [3.8, 4) is 0 Å². The molecule has 0 saturated carbocycles. The van der Waals surface area contributed by atoms with Crippen molar-refractivity contribution in [2.24, 2.45) is 0 Å². The number of fused-ring (bicyclic) bond motifs is 1. The zero-order chi connectivity index (χ0) is 8.55. The number of nitrogens with zero attached hydrogens (tertiary/aromatic N) is 2. The highest BCUT2D eigenvalue weighted by atomic mass is 16.1. The molecule has 1 aromatic heterocycles. The molecule has 2 N–H and O–H groups in total. The SMILES string of the molecule is Nn1c(C=O)nc2c1CCCC2. The van der Waals surface area contributed by atoms with Gasteiger partial charge >= 0.3 is 0 Å². The predicted molar refractivity (Wildman–Crippen MR) is 44.4 cm³/mol. The monoisotopic (exact) mass is 165 g/mol. The van der Waals surface area contributed by atoms with Gasteiger partial charge in [-0.15, -0.1) is 0 Å². The number of aryl methyl sites for hydroxylation is 1. The summed E-state index contributed by atoms with van der Waals surface area (Å²) in [6, 6.07) is 0. The molecular formula is C8H11N3O. The maximum atomic E-state index is 10.5. The summed E-state index contributed by atoms with van der Waals surface area (Å²) in [4.78, 5) is 14.6. The van der Waals surface area contributed by atoms with E-state index in [0.29, 0.717) is 12.1 Å². The lowest BCUT2D eigenvalue weighted by atomic mass is 10.0. The Morgan fingerprint density at radius 1 is 1.42 bits per heavy atom. The maximum absolute atomic E-state index is 10.5. The predicted octanol–water partition coefficient (Wildman–Crippen LogP) is 0.288. The first-order valence-corrected chi connectivity index (χ1v) is 4.13. The van der Waals surface area contributed by atoms with Gasteiger partial charge in [0.1, 0.15) is 0 Å². The van der Waals surface area contributed by atoms with E-state index in [-0.39, 0.29) is 0 Å². The third-order valence-corrected chi connectivity index (χ3v) is 2.30. The zero-order valence-electron chi connectivity index (χ0n) is 6.79. The van der Waals surface area contributed by atoms with E-state index < -0.39 is 0 Å². The molecule has 0 fully saturated rings. The van der Waals surface area contributed by atoms with Gasteiger partial charge in [-0.3, -0.25) is 4.79 Å². The molecule has 0 saturated heterocycles. The number of carbonyl (C=O) groups excluding carboxylic acids is 1. The topological polar surface area (TPSA) is 60.9 Å². The normalized spacial score (nSPS) is 15.7. The van der Waals surface area contributed by atoms with Crippen LogP contribution in [0.4, 0.5) is 0 Å². The van der Waals surface area contributed by atoms with Crippen LogP contribution in [0.3, 0.4) is 0 Å². The van der Waals surface area contributed by atoms with Gasteiger partial charge < -0.3 is 5.84 Å². The summed E-state index contributed by atoms with van der Waals surface area (Å²) in [5.74, 6) is 6.01. The van der Waals surface area contributed by atoms with Crippen LogP contribution < -0.4 is 5.84 Å². The molecule has 0 aromatic carbocycles. The smallest absolute Gasteiger partial charge is 0.192 e. The highest BCUT2D eigenvalue weighted by Gasteiger charge is 2.17. The molecule has 1 aliphatic carbocycles. The Hall–Kier alpha value is -1.32. The molecule has 2 rings (SSSR count). The number of aldehydes is 1. The standard InChI is InChI=1S/C8H11N3O/c9-11-7-4-2-1-3-6(7)10-8(11)5-12/h5H,1-4,9H2. The molecule has 0 bridgehead atoms. The Kier molecular flexibility index (Phi) is 1.60. The van der Waals surface area contributed by atoms with Crippen LogP contribution in [0.25, 0.3) is 0 Å². The molecule has 0 unspecified atom stereocenters. The Balaban J connectivity index is 2.51. The van der Waals surface area contributed by atoms with Gasteiger partial charge in [-0.05, 0) is 25.7 Å². The second kappa shape index (κ2) is 2.62. The summed E-state index contributed by atoms with van der Waals surface area (Å²) in [7, 11) is 0. The molecule has 1 heterocycles. The quantitative estimate of drug-likeness (QED) is 0.480. The summed E-state index contributed by atoms with van der Waals surface area (Å²) in [5, 5.41) is 0. The molecule has 0 atom stereocenters. The number of carbonyl (C=O) groups is 1. The van der Waals surface area contributed by atoms with Crippen LogP contribution in [0.15, 0.2) is 0 Å². The van der Waals surface area contributed by atoms with Gasteiger partial charge in [0, 0.05) is 0 Å². The van der Waals surface area contributed by atoms with Crippen LogP contribution in [0.2, 0.25) is 0 Å². The van der Waals surface area contributed by atoms with Crippen LogP contribution >= 0.6 is 0 Å². The summed E-state index contributed by atoms with van der Waals surface area (Å²) in [6.07, 6.45) is 4.92. The highest BCUT2D eigenvalue weighted by molar-refractivity contribution is 5.70. The summed E-state index contributed by atoms with van der Waals surface area (Å²) in [5.41, 5.74) is 2.04. The number of imidazole rings is 1. The van der Waals surface area contributed by atoms with Gasteiger partial charge in [0.2, 0.25) is 0 Å². The van der Waals surface area contributed by atoms with Crippen LogP contribution in [0, 0.1) is 0 Å². The molecule has 1 aromatic rings. The Labute approximate surface area is 70.4 Å². The van der Waals surface area contributed by atoms with E-state index >= 15 is 0 Å². The van der Waals surface area contributed by atoms with E-state index in [2.05, 4.69) is 4.98 Å². The summed E-state index contributed by atoms with van der Waals surface area (Å²) in [6.45, 7) is 0. The number of hydrogen-bond donors (Lipinski definition) is 1. The minimum Gasteiger partial charge on any atom is -0.337 e. The van der Waals surface area contributed by atoms with Crippen molar-refractivity contribution < 1.29 is 4.79 Å². The fourth-order valence-corrected chi connectivity index (χ4v) is 1.67. The summed E-state index contributed by atoms with van der Waals surface area (Å²) >= 11 is 0. The van der Waals surface area contributed by atoms with Crippen LogP contribution in [-0.4, -0.2) is 15.9 Å². The van der Waals surface area contributed by atoms with E-state index in [0.717, 1.165) is 37.1 Å². The van der Waals surface area contributed by atoms with Gasteiger partial charge in [-0.25, -0.2) is 9.66 Å². The first-order valence-electron chi connectivity index (χ1n) is 4.13. The molecule has 12 heavy (non-hydrogen) atoms. The summed E-state index contributed by atoms with van der Waals surface area (Å²) < 4.78 is 1.42. The molecule has 4 heteroatoms. The van der Waals surface area contributed by atoms with E-state index in [1.54, 1.807) is 0 Å². The van der Waals surface area contributed by atoms with Crippen LogP contribution in [-0.2, 0) is 12.8 Å². The van der Waals surface area contributed by atoms with Gasteiger partial charge in [0.15, 0.2) is 12.1 Å². The van der Waals surface area contributed by atoms with Crippen LogP contribution in [0.5, 0.6) is 0 Å². The first kappa shape index (κ1) is 7.34. The van der Waals surface area contributed by atoms with Crippen molar-refractivity contribution in [2.45, 2.75) is 25.7 Å². The van der Waals surface area contributed by atoms with Crippen molar-refractivity contribution >= 4 is 6.29 Å². The Morgan fingerprint density at radius 3 is 2.83 bits per heavy atom. The Morgan fingerprint density at radius 2 is 2.17 bits per heavy atom. The number of hydrogen-bond acceptors (Lipinski definition) is 3. The molecule has 0 spiro atoms.